The predicted octanol–water partition coefficient (Wildman–Crippen LogP) is 5.24. The molecule has 1 heterocycles. The first-order chi connectivity index (χ1) is 15.3. The van der Waals surface area contributed by atoms with Gasteiger partial charge < -0.3 is 15.0 Å². The number of carbonyl (C=O) groups is 2. The van der Waals surface area contributed by atoms with Gasteiger partial charge in [0, 0.05) is 28.8 Å². The second-order valence-corrected chi connectivity index (χ2v) is 9.51. The first kappa shape index (κ1) is 24.2. The van der Waals surface area contributed by atoms with Gasteiger partial charge in [-0.05, 0) is 73.8 Å². The molecule has 3 rings (SSSR count). The van der Waals surface area contributed by atoms with E-state index < -0.39 is 0 Å². The van der Waals surface area contributed by atoms with Crippen molar-refractivity contribution in [2.45, 2.75) is 33.1 Å². The maximum Gasteiger partial charge on any atom is 0.261 e. The number of anilines is 1. The summed E-state index contributed by atoms with van der Waals surface area (Å²) in [5.41, 5.74) is 1.63. The van der Waals surface area contributed by atoms with Crippen LogP contribution in [0.1, 0.15) is 53.8 Å². The van der Waals surface area contributed by atoms with Gasteiger partial charge in [-0.15, -0.1) is 0 Å². The highest BCUT2D eigenvalue weighted by Crippen LogP contribution is 2.24. The van der Waals surface area contributed by atoms with Crippen LogP contribution >= 0.6 is 28.1 Å². The first-order valence-corrected chi connectivity index (χ1v) is 12.0. The number of piperidine rings is 1. The van der Waals surface area contributed by atoms with E-state index in [1.54, 1.807) is 30.3 Å². The molecule has 2 N–H and O–H groups in total. The van der Waals surface area contributed by atoms with Crippen LogP contribution in [0.4, 0.5) is 5.69 Å². The monoisotopic (exact) mass is 517 g/mol. The number of nitrogens with zero attached hydrogens (tertiary/aromatic N) is 1. The molecule has 2 aromatic rings. The van der Waals surface area contributed by atoms with Gasteiger partial charge in [0.25, 0.3) is 11.8 Å². The number of hydrogen-bond acceptors (Lipinski definition) is 4. The SMILES string of the molecule is CC(C)COc1ccc(Br)cc1C(=O)NC(=S)Nc1cccc(C(=O)N2CCCCC2)c1. The van der Waals surface area contributed by atoms with Crippen molar-refractivity contribution in [2.24, 2.45) is 5.92 Å². The molecule has 32 heavy (non-hydrogen) atoms. The van der Waals surface area contributed by atoms with Gasteiger partial charge in [0.1, 0.15) is 5.75 Å². The summed E-state index contributed by atoms with van der Waals surface area (Å²) < 4.78 is 6.55. The molecule has 1 fully saturated rings. The highest BCUT2D eigenvalue weighted by molar-refractivity contribution is 9.10. The third kappa shape index (κ3) is 6.77. The molecule has 0 unspecified atom stereocenters. The Morgan fingerprint density at radius 2 is 1.88 bits per heavy atom. The van der Waals surface area contributed by atoms with Gasteiger partial charge in [-0.25, -0.2) is 0 Å². The molecule has 1 saturated heterocycles. The lowest BCUT2D eigenvalue weighted by Crippen LogP contribution is -2.36. The van der Waals surface area contributed by atoms with Crippen LogP contribution in [0.2, 0.25) is 0 Å². The zero-order chi connectivity index (χ0) is 23.1. The second kappa shape index (κ2) is 11.4. The van der Waals surface area contributed by atoms with Crippen molar-refractivity contribution >= 4 is 50.8 Å². The Morgan fingerprint density at radius 1 is 1.12 bits per heavy atom. The zero-order valence-electron chi connectivity index (χ0n) is 18.3. The molecule has 0 saturated carbocycles. The van der Waals surface area contributed by atoms with E-state index in [4.69, 9.17) is 17.0 Å². The van der Waals surface area contributed by atoms with Gasteiger partial charge >= 0.3 is 0 Å². The highest BCUT2D eigenvalue weighted by Gasteiger charge is 2.19. The maximum absolute atomic E-state index is 12.8. The number of likely N-dealkylation sites (tertiary alicyclic amines) is 1. The van der Waals surface area contributed by atoms with Crippen molar-refractivity contribution in [3.63, 3.8) is 0 Å². The summed E-state index contributed by atoms with van der Waals surface area (Å²) in [6.07, 6.45) is 3.25. The molecular formula is C24H28BrN3O3S. The van der Waals surface area contributed by atoms with Crippen LogP contribution in [0.15, 0.2) is 46.9 Å². The smallest absolute Gasteiger partial charge is 0.261 e. The Labute approximate surface area is 202 Å². The number of nitrogens with one attached hydrogen (secondary N) is 2. The Balaban J connectivity index is 1.65. The van der Waals surface area contributed by atoms with Crippen LogP contribution in [0.5, 0.6) is 5.75 Å². The maximum atomic E-state index is 12.8. The van der Waals surface area contributed by atoms with Gasteiger partial charge in [0.05, 0.1) is 12.2 Å². The number of benzene rings is 2. The molecule has 1 aliphatic rings. The molecule has 0 aliphatic carbocycles. The minimum absolute atomic E-state index is 0.0179. The minimum atomic E-state index is -0.372. The molecule has 0 bridgehead atoms. The summed E-state index contributed by atoms with van der Waals surface area (Å²) >= 11 is 8.74. The van der Waals surface area contributed by atoms with E-state index in [2.05, 4.69) is 26.6 Å². The van der Waals surface area contributed by atoms with E-state index in [0.717, 1.165) is 30.4 Å². The summed E-state index contributed by atoms with van der Waals surface area (Å²) in [5, 5.41) is 5.84. The van der Waals surface area contributed by atoms with Crippen molar-refractivity contribution < 1.29 is 14.3 Å². The number of amides is 2. The largest absolute Gasteiger partial charge is 0.492 e. The normalized spacial score (nSPS) is 13.6. The van der Waals surface area contributed by atoms with Crippen LogP contribution in [-0.4, -0.2) is 41.5 Å². The molecule has 0 aromatic heterocycles. The zero-order valence-corrected chi connectivity index (χ0v) is 20.7. The number of hydrogen-bond donors (Lipinski definition) is 2. The van der Waals surface area contributed by atoms with E-state index in [1.165, 1.54) is 6.42 Å². The third-order valence-corrected chi connectivity index (χ3v) is 5.69. The van der Waals surface area contributed by atoms with Gasteiger partial charge in [0.15, 0.2) is 5.11 Å². The number of carbonyl (C=O) groups excluding carboxylic acids is 2. The number of thiocarbonyl (C=S) groups is 1. The minimum Gasteiger partial charge on any atom is -0.492 e. The topological polar surface area (TPSA) is 70.7 Å². The Hall–Kier alpha value is -2.45. The molecular weight excluding hydrogens is 490 g/mol. The van der Waals surface area contributed by atoms with Crippen molar-refractivity contribution in [3.8, 4) is 5.75 Å². The van der Waals surface area contributed by atoms with Crippen LogP contribution < -0.4 is 15.4 Å². The third-order valence-electron chi connectivity index (χ3n) is 5.00. The lowest BCUT2D eigenvalue weighted by atomic mass is 10.1. The summed E-state index contributed by atoms with van der Waals surface area (Å²) in [4.78, 5) is 27.5. The van der Waals surface area contributed by atoms with Crippen molar-refractivity contribution in [3.05, 3.63) is 58.1 Å². The highest BCUT2D eigenvalue weighted by atomic mass is 79.9. The molecule has 170 valence electrons. The fourth-order valence-electron chi connectivity index (χ4n) is 3.40. The summed E-state index contributed by atoms with van der Waals surface area (Å²) in [5.74, 6) is 0.473. The average molecular weight is 518 g/mol. The molecule has 0 radical (unpaired) electrons. The van der Waals surface area contributed by atoms with Crippen molar-refractivity contribution in [2.75, 3.05) is 25.0 Å². The average Bonchev–Trinajstić information content (AvgIpc) is 2.78. The van der Waals surface area contributed by atoms with Gasteiger partial charge in [-0.2, -0.15) is 0 Å². The van der Waals surface area contributed by atoms with Crippen LogP contribution in [0.3, 0.4) is 0 Å². The molecule has 6 nitrogen and oxygen atoms in total. The molecule has 2 amide bonds. The summed E-state index contributed by atoms with van der Waals surface area (Å²) in [7, 11) is 0. The molecule has 2 aromatic carbocycles. The summed E-state index contributed by atoms with van der Waals surface area (Å²) in [6, 6.07) is 12.4. The standard InChI is InChI=1S/C24H28BrN3O3S/c1-16(2)15-31-21-10-9-18(25)14-20(21)22(29)27-24(32)26-19-8-6-7-17(13-19)23(30)28-11-4-3-5-12-28/h6-10,13-14,16H,3-5,11-12,15H2,1-2H3,(H2,26,27,29,32). The van der Waals surface area contributed by atoms with Gasteiger partial charge in [-0.3, -0.25) is 14.9 Å². The van der Waals surface area contributed by atoms with Crippen LogP contribution in [-0.2, 0) is 0 Å². The van der Waals surface area contributed by atoms with E-state index in [-0.39, 0.29) is 16.9 Å². The van der Waals surface area contributed by atoms with E-state index in [9.17, 15) is 9.59 Å². The quantitative estimate of drug-likeness (QED) is 0.512. The molecule has 8 heteroatoms. The molecule has 1 aliphatic heterocycles. The fraction of sp³-hybridized carbons (Fsp3) is 0.375. The lowest BCUT2D eigenvalue weighted by Gasteiger charge is -2.26. The molecule has 0 spiro atoms. The van der Waals surface area contributed by atoms with E-state index in [0.29, 0.717) is 35.1 Å². The van der Waals surface area contributed by atoms with E-state index in [1.807, 2.05) is 30.9 Å². The Bertz CT molecular complexity index is 990. The first-order valence-electron chi connectivity index (χ1n) is 10.8. The van der Waals surface area contributed by atoms with Crippen LogP contribution in [0.25, 0.3) is 0 Å². The Morgan fingerprint density at radius 3 is 2.59 bits per heavy atom. The second-order valence-electron chi connectivity index (χ2n) is 8.19. The number of rotatable bonds is 6. The van der Waals surface area contributed by atoms with Crippen molar-refractivity contribution in [1.82, 2.24) is 10.2 Å². The predicted molar refractivity (Wildman–Crippen MR) is 134 cm³/mol. The molecule has 0 atom stereocenters. The number of ether oxygens (including phenoxy) is 1. The Kier molecular flexibility index (Phi) is 8.64. The number of halogens is 1. The van der Waals surface area contributed by atoms with E-state index >= 15 is 0 Å². The van der Waals surface area contributed by atoms with Gasteiger partial charge in [0.2, 0.25) is 0 Å². The summed E-state index contributed by atoms with van der Waals surface area (Å²) in [6.45, 7) is 6.17. The van der Waals surface area contributed by atoms with Crippen molar-refractivity contribution in [1.29, 1.82) is 0 Å². The van der Waals surface area contributed by atoms with Gasteiger partial charge in [-0.1, -0.05) is 35.8 Å². The lowest BCUT2D eigenvalue weighted by molar-refractivity contribution is 0.0724. The fourth-order valence-corrected chi connectivity index (χ4v) is 3.98. The van der Waals surface area contributed by atoms with Crippen LogP contribution in [0, 0.1) is 5.92 Å².